The molecule has 11 heavy (non-hydrogen) atoms. The third-order valence-corrected chi connectivity index (χ3v) is 2.45. The molecule has 0 aromatic carbocycles. The zero-order valence-electron chi connectivity index (χ0n) is 6.51. The van der Waals surface area contributed by atoms with Gasteiger partial charge >= 0.3 is 0 Å². The van der Waals surface area contributed by atoms with Gasteiger partial charge in [-0.3, -0.25) is 0 Å². The van der Waals surface area contributed by atoms with Gasteiger partial charge in [0.05, 0.1) is 0 Å². The molecule has 0 radical (unpaired) electrons. The number of nitrogens with two attached hydrogens (primary N) is 2. The second-order valence-electron chi connectivity index (χ2n) is 3.17. The molecule has 1 aliphatic heterocycles. The highest BCUT2D eigenvalue weighted by molar-refractivity contribution is 6.00. The van der Waals surface area contributed by atoms with Crippen molar-refractivity contribution < 1.29 is 0 Å². The summed E-state index contributed by atoms with van der Waals surface area (Å²) < 4.78 is 0. The van der Waals surface area contributed by atoms with Crippen LogP contribution in [0.4, 0.5) is 0 Å². The van der Waals surface area contributed by atoms with E-state index in [2.05, 4.69) is 4.99 Å². The Morgan fingerprint density at radius 3 is 2.73 bits per heavy atom. The Labute approximate surface area is 66.2 Å². The number of rotatable bonds is 0. The first kappa shape index (κ1) is 6.85. The summed E-state index contributed by atoms with van der Waals surface area (Å²) in [6.07, 6.45) is 4.54. The van der Waals surface area contributed by atoms with Crippen molar-refractivity contribution in [3.8, 4) is 0 Å². The van der Waals surface area contributed by atoms with E-state index in [1.165, 1.54) is 24.0 Å². The lowest BCUT2D eigenvalue weighted by molar-refractivity contribution is 0.650. The number of hydrogen-bond donors (Lipinski definition) is 2. The SMILES string of the molecule is NC1=NC(N)C2=C1CCCC2. The summed E-state index contributed by atoms with van der Waals surface area (Å²) in [6, 6.07) is 0. The molecule has 2 aliphatic rings. The Morgan fingerprint density at radius 2 is 2.00 bits per heavy atom. The summed E-state index contributed by atoms with van der Waals surface area (Å²) >= 11 is 0. The minimum absolute atomic E-state index is 0.120. The second-order valence-corrected chi connectivity index (χ2v) is 3.17. The van der Waals surface area contributed by atoms with Gasteiger partial charge in [-0.25, -0.2) is 4.99 Å². The fraction of sp³-hybridized carbons (Fsp3) is 0.625. The van der Waals surface area contributed by atoms with Gasteiger partial charge in [0.2, 0.25) is 0 Å². The van der Waals surface area contributed by atoms with Gasteiger partial charge in [0.25, 0.3) is 0 Å². The summed E-state index contributed by atoms with van der Waals surface area (Å²) in [5, 5.41) is 0. The van der Waals surface area contributed by atoms with Crippen LogP contribution in [-0.2, 0) is 0 Å². The predicted octanol–water partition coefficient (Wildman–Crippen LogP) is 0.513. The average Bonchev–Trinajstić information content (AvgIpc) is 2.30. The monoisotopic (exact) mass is 151 g/mol. The van der Waals surface area contributed by atoms with Crippen LogP contribution >= 0.6 is 0 Å². The highest BCUT2D eigenvalue weighted by Crippen LogP contribution is 2.30. The van der Waals surface area contributed by atoms with E-state index in [9.17, 15) is 0 Å². The summed E-state index contributed by atoms with van der Waals surface area (Å²) in [5.74, 6) is 0.687. The van der Waals surface area contributed by atoms with Crippen LogP contribution in [0.2, 0.25) is 0 Å². The summed E-state index contributed by atoms with van der Waals surface area (Å²) in [6.45, 7) is 0. The topological polar surface area (TPSA) is 64.4 Å². The van der Waals surface area contributed by atoms with E-state index < -0.39 is 0 Å². The third-order valence-electron chi connectivity index (χ3n) is 2.45. The quantitative estimate of drug-likeness (QED) is 0.530. The van der Waals surface area contributed by atoms with Gasteiger partial charge in [0, 0.05) is 0 Å². The van der Waals surface area contributed by atoms with Gasteiger partial charge < -0.3 is 11.5 Å². The lowest BCUT2D eigenvalue weighted by Gasteiger charge is -2.15. The number of nitrogens with zero attached hydrogens (tertiary/aromatic N) is 1. The number of amidine groups is 1. The lowest BCUT2D eigenvalue weighted by Crippen LogP contribution is -2.18. The molecule has 0 saturated carbocycles. The maximum atomic E-state index is 5.75. The van der Waals surface area contributed by atoms with E-state index in [1.54, 1.807) is 0 Å². The summed E-state index contributed by atoms with van der Waals surface area (Å²) in [5.41, 5.74) is 14.0. The molecular formula is C8H13N3. The Kier molecular flexibility index (Phi) is 1.46. The van der Waals surface area contributed by atoms with Gasteiger partial charge in [-0.05, 0) is 36.8 Å². The molecule has 3 heteroatoms. The molecule has 0 spiro atoms. The van der Waals surface area contributed by atoms with E-state index in [0.717, 1.165) is 12.8 Å². The van der Waals surface area contributed by atoms with Crippen molar-refractivity contribution in [2.24, 2.45) is 16.5 Å². The first-order chi connectivity index (χ1) is 5.29. The Bertz CT molecular complexity index is 240. The average molecular weight is 151 g/mol. The summed E-state index contributed by atoms with van der Waals surface area (Å²) in [7, 11) is 0. The van der Waals surface area contributed by atoms with Crippen molar-refractivity contribution in [3.63, 3.8) is 0 Å². The molecule has 2 rings (SSSR count). The first-order valence-electron chi connectivity index (χ1n) is 4.10. The zero-order chi connectivity index (χ0) is 7.84. The van der Waals surface area contributed by atoms with Crippen LogP contribution in [0, 0.1) is 0 Å². The smallest absolute Gasteiger partial charge is 0.123 e. The molecule has 1 heterocycles. The largest absolute Gasteiger partial charge is 0.384 e. The molecule has 4 N–H and O–H groups in total. The molecule has 1 aliphatic carbocycles. The van der Waals surface area contributed by atoms with Crippen LogP contribution in [0.3, 0.4) is 0 Å². The van der Waals surface area contributed by atoms with E-state index in [1.807, 2.05) is 0 Å². The maximum Gasteiger partial charge on any atom is 0.123 e. The van der Waals surface area contributed by atoms with Crippen molar-refractivity contribution in [3.05, 3.63) is 11.1 Å². The molecule has 3 nitrogen and oxygen atoms in total. The fourth-order valence-electron chi connectivity index (χ4n) is 1.85. The van der Waals surface area contributed by atoms with Crippen LogP contribution in [0.25, 0.3) is 0 Å². The number of aliphatic imine (C=N–C) groups is 1. The van der Waals surface area contributed by atoms with Crippen molar-refractivity contribution in [1.82, 2.24) is 0 Å². The van der Waals surface area contributed by atoms with Gasteiger partial charge in [0.1, 0.15) is 12.0 Å². The molecule has 60 valence electrons. The highest BCUT2D eigenvalue weighted by atomic mass is 15.0. The van der Waals surface area contributed by atoms with Crippen LogP contribution in [0.15, 0.2) is 16.1 Å². The minimum Gasteiger partial charge on any atom is -0.384 e. The van der Waals surface area contributed by atoms with Gasteiger partial charge in [0.15, 0.2) is 0 Å². The second kappa shape index (κ2) is 2.34. The van der Waals surface area contributed by atoms with Gasteiger partial charge in [-0.2, -0.15) is 0 Å². The number of hydrogen-bond acceptors (Lipinski definition) is 3. The molecular weight excluding hydrogens is 138 g/mol. The normalized spacial score (nSPS) is 30.3. The molecule has 1 unspecified atom stereocenters. The first-order valence-corrected chi connectivity index (χ1v) is 4.10. The highest BCUT2D eigenvalue weighted by Gasteiger charge is 2.25. The third kappa shape index (κ3) is 0.959. The van der Waals surface area contributed by atoms with E-state index in [-0.39, 0.29) is 6.17 Å². The van der Waals surface area contributed by atoms with Crippen molar-refractivity contribution in [2.75, 3.05) is 0 Å². The maximum absolute atomic E-state index is 5.75. The minimum atomic E-state index is -0.120. The Balaban J connectivity index is 2.34. The van der Waals surface area contributed by atoms with Crippen molar-refractivity contribution in [2.45, 2.75) is 31.8 Å². The molecule has 0 saturated heterocycles. The molecule has 0 bridgehead atoms. The van der Waals surface area contributed by atoms with E-state index >= 15 is 0 Å². The van der Waals surface area contributed by atoms with Gasteiger partial charge in [-0.15, -0.1) is 0 Å². The molecule has 0 aromatic rings. The Hall–Kier alpha value is -0.830. The molecule has 0 aromatic heterocycles. The van der Waals surface area contributed by atoms with Crippen LogP contribution in [-0.4, -0.2) is 12.0 Å². The van der Waals surface area contributed by atoms with Crippen LogP contribution in [0.1, 0.15) is 25.7 Å². The van der Waals surface area contributed by atoms with Crippen molar-refractivity contribution >= 4 is 5.84 Å². The predicted molar refractivity (Wildman–Crippen MR) is 45.1 cm³/mol. The van der Waals surface area contributed by atoms with E-state index in [4.69, 9.17) is 11.5 Å². The summed E-state index contributed by atoms with van der Waals surface area (Å²) in [4.78, 5) is 4.13. The Morgan fingerprint density at radius 1 is 1.27 bits per heavy atom. The lowest BCUT2D eigenvalue weighted by atomic mass is 9.92. The molecule has 0 amide bonds. The molecule has 1 atom stereocenters. The van der Waals surface area contributed by atoms with Crippen LogP contribution in [0.5, 0.6) is 0 Å². The van der Waals surface area contributed by atoms with Crippen LogP contribution < -0.4 is 11.5 Å². The molecule has 0 fully saturated rings. The van der Waals surface area contributed by atoms with E-state index in [0.29, 0.717) is 5.84 Å². The zero-order valence-corrected chi connectivity index (χ0v) is 6.51. The van der Waals surface area contributed by atoms with Gasteiger partial charge in [-0.1, -0.05) is 0 Å². The fourth-order valence-corrected chi connectivity index (χ4v) is 1.85. The van der Waals surface area contributed by atoms with Crippen molar-refractivity contribution in [1.29, 1.82) is 0 Å². The standard InChI is InChI=1S/C8H13N3/c9-7-5-3-1-2-4-6(5)8(10)11-7/h7H,1-4,9H2,(H2,10,11).